The predicted octanol–water partition coefficient (Wildman–Crippen LogP) is 5.11. The number of nitrogens with one attached hydrogen (secondary N) is 1. The van der Waals surface area contributed by atoms with E-state index in [1.807, 2.05) is 6.07 Å². The first kappa shape index (κ1) is 19.6. The number of rotatable bonds is 4. The summed E-state index contributed by atoms with van der Waals surface area (Å²) in [5.41, 5.74) is 0.691. The lowest BCUT2D eigenvalue weighted by Crippen LogP contribution is -2.15. The quantitative estimate of drug-likeness (QED) is 0.638. The molecule has 1 amide bonds. The third-order valence-electron chi connectivity index (χ3n) is 5.22. The van der Waals surface area contributed by atoms with E-state index in [0.717, 1.165) is 37.8 Å². The van der Waals surface area contributed by atoms with E-state index in [9.17, 15) is 18.0 Å². The van der Waals surface area contributed by atoms with Crippen LogP contribution in [0.4, 0.5) is 18.9 Å². The molecule has 29 heavy (non-hydrogen) atoms. The van der Waals surface area contributed by atoms with Gasteiger partial charge < -0.3 is 5.32 Å². The fraction of sp³-hybridized carbons (Fsp3) is 0.350. The third-order valence-corrected chi connectivity index (χ3v) is 6.46. The summed E-state index contributed by atoms with van der Waals surface area (Å²) in [6.07, 6.45) is 2.23. The number of nitrogens with zero attached hydrogens (tertiary/aromatic N) is 3. The lowest BCUT2D eigenvalue weighted by Gasteiger charge is -2.19. The van der Waals surface area contributed by atoms with E-state index in [0.29, 0.717) is 16.5 Å². The number of hydrogen-bond acceptors (Lipinski definition) is 4. The maximum absolute atomic E-state index is 13.2. The second-order valence-corrected chi connectivity index (χ2v) is 8.24. The summed E-state index contributed by atoms with van der Waals surface area (Å²) in [5.74, 6) is 0.202. The average Bonchev–Trinajstić information content (AvgIpc) is 3.36. The number of aromatic nitrogens is 3. The number of aryl methyl sites for hydroxylation is 1. The number of anilines is 1. The first-order valence-electron chi connectivity index (χ1n) is 9.34. The van der Waals surface area contributed by atoms with Crippen molar-refractivity contribution in [1.82, 2.24) is 14.8 Å². The molecule has 0 spiro atoms. The van der Waals surface area contributed by atoms with Crippen LogP contribution in [0.5, 0.6) is 0 Å². The van der Waals surface area contributed by atoms with Crippen LogP contribution in [0.3, 0.4) is 0 Å². The van der Waals surface area contributed by atoms with Crippen molar-refractivity contribution in [3.05, 3.63) is 57.8 Å². The smallest absolute Gasteiger partial charge is 0.319 e. The van der Waals surface area contributed by atoms with Gasteiger partial charge in [0, 0.05) is 4.88 Å². The highest BCUT2D eigenvalue weighted by Gasteiger charge is 2.31. The Labute approximate surface area is 169 Å². The summed E-state index contributed by atoms with van der Waals surface area (Å²) in [6, 6.07) is 5.04. The first-order chi connectivity index (χ1) is 13.8. The van der Waals surface area contributed by atoms with E-state index < -0.39 is 17.6 Å². The number of alkyl halides is 3. The molecule has 1 atom stereocenters. The van der Waals surface area contributed by atoms with Gasteiger partial charge >= 0.3 is 6.18 Å². The molecular weight excluding hydrogens is 401 g/mol. The molecule has 1 aliphatic rings. The largest absolute Gasteiger partial charge is 0.416 e. The number of benzene rings is 1. The number of thiophene rings is 1. The van der Waals surface area contributed by atoms with Gasteiger partial charge in [-0.1, -0.05) is 13.3 Å². The number of halogens is 3. The predicted molar refractivity (Wildman–Crippen MR) is 104 cm³/mol. The number of fused-ring (bicyclic) bond motifs is 1. The molecule has 0 bridgehead atoms. The minimum absolute atomic E-state index is 0.0353. The van der Waals surface area contributed by atoms with E-state index in [2.05, 4.69) is 22.3 Å². The van der Waals surface area contributed by atoms with Gasteiger partial charge in [-0.15, -0.1) is 11.3 Å². The van der Waals surface area contributed by atoms with Crippen LogP contribution in [0.2, 0.25) is 0 Å². The summed E-state index contributed by atoms with van der Waals surface area (Å²) >= 11 is 1.42. The monoisotopic (exact) mass is 420 g/mol. The fourth-order valence-corrected chi connectivity index (χ4v) is 4.69. The van der Waals surface area contributed by atoms with Crippen LogP contribution in [-0.4, -0.2) is 20.7 Å². The SMILES string of the molecule is CCC1CCc2sc(C(=O)Nc3cc(C(F)(F)F)ccc3-n3cncn3)cc2C1. The molecule has 0 fully saturated rings. The minimum Gasteiger partial charge on any atom is -0.319 e. The minimum atomic E-state index is -4.52. The van der Waals surface area contributed by atoms with Crippen molar-refractivity contribution in [2.45, 2.75) is 38.8 Å². The molecule has 2 aromatic heterocycles. The Morgan fingerprint density at radius 3 is 2.86 bits per heavy atom. The molecule has 1 unspecified atom stereocenters. The average molecular weight is 420 g/mol. The highest BCUT2D eigenvalue weighted by atomic mass is 32.1. The summed E-state index contributed by atoms with van der Waals surface area (Å²) < 4.78 is 40.9. The second-order valence-electron chi connectivity index (χ2n) is 7.10. The first-order valence-corrected chi connectivity index (χ1v) is 10.2. The van der Waals surface area contributed by atoms with Gasteiger partial charge in [0.2, 0.25) is 0 Å². The maximum atomic E-state index is 13.2. The van der Waals surface area contributed by atoms with Crippen molar-refractivity contribution >= 4 is 22.9 Å². The van der Waals surface area contributed by atoms with Gasteiger partial charge in [-0.2, -0.15) is 18.3 Å². The van der Waals surface area contributed by atoms with E-state index in [1.165, 1.54) is 45.2 Å². The molecule has 0 radical (unpaired) electrons. The van der Waals surface area contributed by atoms with Gasteiger partial charge in [0.25, 0.3) is 5.91 Å². The van der Waals surface area contributed by atoms with Crippen molar-refractivity contribution in [3.63, 3.8) is 0 Å². The molecule has 5 nitrogen and oxygen atoms in total. The van der Waals surface area contributed by atoms with Crippen molar-refractivity contribution in [2.75, 3.05) is 5.32 Å². The Morgan fingerprint density at radius 2 is 2.17 bits per heavy atom. The van der Waals surface area contributed by atoms with E-state index in [1.54, 1.807) is 0 Å². The van der Waals surface area contributed by atoms with Gasteiger partial charge in [0.1, 0.15) is 12.7 Å². The van der Waals surface area contributed by atoms with Gasteiger partial charge in [-0.25, -0.2) is 9.67 Å². The highest BCUT2D eigenvalue weighted by molar-refractivity contribution is 7.14. The third kappa shape index (κ3) is 4.05. The van der Waals surface area contributed by atoms with Crippen LogP contribution in [0.25, 0.3) is 5.69 Å². The molecule has 4 rings (SSSR count). The maximum Gasteiger partial charge on any atom is 0.416 e. The van der Waals surface area contributed by atoms with Crippen molar-refractivity contribution < 1.29 is 18.0 Å². The summed E-state index contributed by atoms with van der Waals surface area (Å²) in [6.45, 7) is 2.16. The molecule has 2 heterocycles. The van der Waals surface area contributed by atoms with Gasteiger partial charge in [0.05, 0.1) is 21.8 Å². The van der Waals surface area contributed by atoms with Gasteiger partial charge in [0.15, 0.2) is 0 Å². The van der Waals surface area contributed by atoms with Crippen LogP contribution >= 0.6 is 11.3 Å². The molecular formula is C20H19F3N4OS. The Hall–Kier alpha value is -2.68. The number of amides is 1. The Balaban J connectivity index is 1.65. The number of carbonyl (C=O) groups is 1. The van der Waals surface area contributed by atoms with Crippen molar-refractivity contribution in [2.24, 2.45) is 5.92 Å². The molecule has 0 saturated carbocycles. The summed E-state index contributed by atoms with van der Waals surface area (Å²) in [4.78, 5) is 18.4. The van der Waals surface area contributed by atoms with Gasteiger partial charge in [-0.05, 0) is 55.0 Å². The molecule has 3 aromatic rings. The molecule has 152 valence electrons. The standard InChI is InChI=1S/C20H19F3N4OS/c1-2-12-3-6-17-13(7-12)8-18(29-17)19(28)26-15-9-14(20(21,22)23)4-5-16(15)27-11-24-10-25-27/h4-5,8-12H,2-3,6-7H2,1H3,(H,26,28). The van der Waals surface area contributed by atoms with Crippen LogP contribution in [0.1, 0.15) is 45.4 Å². The summed E-state index contributed by atoms with van der Waals surface area (Å²) in [7, 11) is 0. The zero-order valence-electron chi connectivity index (χ0n) is 15.7. The Bertz CT molecular complexity index is 1030. The van der Waals surface area contributed by atoms with Crippen LogP contribution in [-0.2, 0) is 19.0 Å². The molecule has 0 saturated heterocycles. The Morgan fingerprint density at radius 1 is 1.34 bits per heavy atom. The highest BCUT2D eigenvalue weighted by Crippen LogP contribution is 2.36. The van der Waals surface area contributed by atoms with Crippen LogP contribution < -0.4 is 5.32 Å². The van der Waals surface area contributed by atoms with Crippen molar-refractivity contribution in [3.8, 4) is 5.69 Å². The zero-order valence-corrected chi connectivity index (χ0v) is 16.5. The number of carbonyl (C=O) groups excluding carboxylic acids is 1. The molecule has 1 aliphatic carbocycles. The van der Waals surface area contributed by atoms with E-state index in [-0.39, 0.29) is 5.69 Å². The zero-order chi connectivity index (χ0) is 20.6. The second kappa shape index (κ2) is 7.62. The Kier molecular flexibility index (Phi) is 5.16. The van der Waals surface area contributed by atoms with Crippen LogP contribution in [0.15, 0.2) is 36.9 Å². The molecule has 9 heteroatoms. The van der Waals surface area contributed by atoms with E-state index >= 15 is 0 Å². The summed E-state index contributed by atoms with van der Waals surface area (Å²) in [5, 5.41) is 6.61. The topological polar surface area (TPSA) is 59.8 Å². The molecule has 1 N–H and O–H groups in total. The van der Waals surface area contributed by atoms with E-state index in [4.69, 9.17) is 0 Å². The van der Waals surface area contributed by atoms with Crippen LogP contribution in [0, 0.1) is 5.92 Å². The molecule has 0 aliphatic heterocycles. The molecule has 1 aromatic carbocycles. The lowest BCUT2D eigenvalue weighted by atomic mass is 9.87. The lowest BCUT2D eigenvalue weighted by molar-refractivity contribution is -0.137. The normalized spacial score (nSPS) is 16.5. The van der Waals surface area contributed by atoms with Gasteiger partial charge in [-0.3, -0.25) is 4.79 Å². The van der Waals surface area contributed by atoms with Crippen molar-refractivity contribution in [1.29, 1.82) is 0 Å². The fourth-order valence-electron chi connectivity index (χ4n) is 3.59. The number of hydrogen-bond donors (Lipinski definition) is 1.